The number of anilines is 1. The van der Waals surface area contributed by atoms with Crippen LogP contribution in [0.15, 0.2) is 48.5 Å². The molecule has 0 N–H and O–H groups in total. The third-order valence-electron chi connectivity index (χ3n) is 4.99. The van der Waals surface area contributed by atoms with Gasteiger partial charge in [-0.3, -0.25) is 9.59 Å². The van der Waals surface area contributed by atoms with Gasteiger partial charge in [0.1, 0.15) is 11.4 Å². The van der Waals surface area contributed by atoms with Gasteiger partial charge in [-0.2, -0.15) is 0 Å². The molecule has 1 aromatic carbocycles. The van der Waals surface area contributed by atoms with Crippen molar-refractivity contribution >= 4 is 17.5 Å². The second kappa shape index (κ2) is 8.13. The van der Waals surface area contributed by atoms with Crippen molar-refractivity contribution in [2.45, 2.75) is 38.6 Å². The summed E-state index contributed by atoms with van der Waals surface area (Å²) in [5.74, 6) is -0.301. The van der Waals surface area contributed by atoms with Crippen LogP contribution in [0.5, 0.6) is 0 Å². The van der Waals surface area contributed by atoms with Gasteiger partial charge in [0.05, 0.1) is 0 Å². The lowest BCUT2D eigenvalue weighted by Crippen LogP contribution is -2.43. The van der Waals surface area contributed by atoms with Gasteiger partial charge in [0.25, 0.3) is 11.8 Å². The van der Waals surface area contributed by atoms with Gasteiger partial charge in [-0.05, 0) is 49.9 Å². The molecule has 0 aliphatic carbocycles. The smallest absolute Gasteiger partial charge is 0.276 e. The van der Waals surface area contributed by atoms with Crippen molar-refractivity contribution in [1.82, 2.24) is 9.88 Å². The Labute approximate surface area is 154 Å². The maximum absolute atomic E-state index is 12.9. The number of piperidine rings is 1. The van der Waals surface area contributed by atoms with Crippen molar-refractivity contribution in [2.24, 2.45) is 0 Å². The minimum Gasteiger partial charge on any atom is -0.334 e. The number of aromatic nitrogens is 1. The molecule has 3 rings (SSSR count). The number of benzene rings is 1. The fourth-order valence-electron chi connectivity index (χ4n) is 3.45. The number of carbonyl (C=O) groups excluding carboxylic acids is 2. The lowest BCUT2D eigenvalue weighted by Gasteiger charge is -2.35. The van der Waals surface area contributed by atoms with Crippen LogP contribution in [0.25, 0.3) is 0 Å². The van der Waals surface area contributed by atoms with Crippen LogP contribution in [0.3, 0.4) is 0 Å². The van der Waals surface area contributed by atoms with Crippen molar-refractivity contribution in [3.8, 4) is 0 Å². The molecule has 1 aromatic heterocycles. The highest BCUT2D eigenvalue weighted by Gasteiger charge is 2.27. The molecule has 2 aromatic rings. The van der Waals surface area contributed by atoms with E-state index >= 15 is 0 Å². The maximum Gasteiger partial charge on any atom is 0.276 e. The van der Waals surface area contributed by atoms with Crippen molar-refractivity contribution < 1.29 is 9.59 Å². The van der Waals surface area contributed by atoms with Crippen LogP contribution in [0.1, 0.15) is 53.6 Å². The number of likely N-dealkylation sites (tertiary alicyclic amines) is 1. The van der Waals surface area contributed by atoms with Crippen LogP contribution in [0.4, 0.5) is 5.69 Å². The first-order valence-electron chi connectivity index (χ1n) is 9.23. The number of carbonyl (C=O) groups is 2. The van der Waals surface area contributed by atoms with Gasteiger partial charge >= 0.3 is 0 Å². The Balaban J connectivity index is 1.81. The summed E-state index contributed by atoms with van der Waals surface area (Å²) in [6, 6.07) is 14.8. The first-order valence-corrected chi connectivity index (χ1v) is 9.23. The van der Waals surface area contributed by atoms with Crippen LogP contribution in [0, 0.1) is 0 Å². The Morgan fingerprint density at radius 3 is 2.54 bits per heavy atom. The van der Waals surface area contributed by atoms with Gasteiger partial charge in [-0.1, -0.05) is 31.2 Å². The molecule has 5 nitrogen and oxygen atoms in total. The van der Waals surface area contributed by atoms with E-state index in [2.05, 4.69) is 11.9 Å². The fraction of sp³-hybridized carbons (Fsp3) is 0.381. The van der Waals surface area contributed by atoms with Crippen molar-refractivity contribution in [2.75, 3.05) is 18.5 Å². The number of para-hydroxylation sites is 1. The minimum atomic E-state index is -0.225. The second-order valence-electron chi connectivity index (χ2n) is 6.66. The predicted octanol–water partition coefficient (Wildman–Crippen LogP) is 3.76. The third-order valence-corrected chi connectivity index (χ3v) is 4.99. The molecule has 136 valence electrons. The van der Waals surface area contributed by atoms with Gasteiger partial charge in [0.2, 0.25) is 0 Å². The molecule has 26 heavy (non-hydrogen) atoms. The number of hydrogen-bond acceptors (Lipinski definition) is 3. The molecule has 1 saturated heterocycles. The number of pyridine rings is 1. The quantitative estimate of drug-likeness (QED) is 0.843. The van der Waals surface area contributed by atoms with Crippen LogP contribution >= 0.6 is 0 Å². The molecule has 1 atom stereocenters. The summed E-state index contributed by atoms with van der Waals surface area (Å²) in [5, 5.41) is 0. The highest BCUT2D eigenvalue weighted by molar-refractivity contribution is 6.05. The summed E-state index contributed by atoms with van der Waals surface area (Å²) < 4.78 is 0. The molecule has 1 aliphatic rings. The Morgan fingerprint density at radius 1 is 1.08 bits per heavy atom. The third kappa shape index (κ3) is 3.77. The fourth-order valence-corrected chi connectivity index (χ4v) is 3.45. The SMILES string of the molecule is CCC1CCCCN1C(=O)c1cccc(C(=O)N(C)c2ccccc2)n1. The molecular formula is C21H25N3O2. The van der Waals surface area contributed by atoms with Gasteiger partial charge in [-0.15, -0.1) is 0 Å². The summed E-state index contributed by atoms with van der Waals surface area (Å²) in [7, 11) is 1.71. The van der Waals surface area contributed by atoms with E-state index in [9.17, 15) is 9.59 Å². The van der Waals surface area contributed by atoms with E-state index in [1.807, 2.05) is 35.2 Å². The Morgan fingerprint density at radius 2 is 1.81 bits per heavy atom. The Hall–Kier alpha value is -2.69. The van der Waals surface area contributed by atoms with E-state index in [1.165, 1.54) is 0 Å². The molecule has 1 fully saturated rings. The van der Waals surface area contributed by atoms with E-state index in [1.54, 1.807) is 30.1 Å². The zero-order valence-corrected chi connectivity index (χ0v) is 15.4. The molecule has 0 radical (unpaired) electrons. The van der Waals surface area contributed by atoms with E-state index in [0.29, 0.717) is 5.69 Å². The summed E-state index contributed by atoms with van der Waals surface area (Å²) in [4.78, 5) is 33.5. The first-order chi connectivity index (χ1) is 12.6. The van der Waals surface area contributed by atoms with Crippen molar-refractivity contribution in [3.63, 3.8) is 0 Å². The number of amides is 2. The summed E-state index contributed by atoms with van der Waals surface area (Å²) in [6.45, 7) is 2.87. The van der Waals surface area contributed by atoms with Gasteiger partial charge in [0.15, 0.2) is 0 Å². The van der Waals surface area contributed by atoms with Crippen LogP contribution in [0.2, 0.25) is 0 Å². The van der Waals surface area contributed by atoms with Gasteiger partial charge < -0.3 is 9.80 Å². The molecule has 0 bridgehead atoms. The number of rotatable bonds is 4. The molecular weight excluding hydrogens is 326 g/mol. The van der Waals surface area contributed by atoms with E-state index in [0.717, 1.165) is 37.9 Å². The summed E-state index contributed by atoms with van der Waals surface area (Å²) in [6.07, 6.45) is 4.17. The molecule has 0 spiro atoms. The molecule has 1 aliphatic heterocycles. The van der Waals surface area contributed by atoms with Crippen LogP contribution in [-0.4, -0.2) is 41.3 Å². The summed E-state index contributed by atoms with van der Waals surface area (Å²) >= 11 is 0. The monoisotopic (exact) mass is 351 g/mol. The number of nitrogens with zero attached hydrogens (tertiary/aromatic N) is 3. The van der Waals surface area contributed by atoms with E-state index < -0.39 is 0 Å². The van der Waals surface area contributed by atoms with Crippen LogP contribution < -0.4 is 4.90 Å². The second-order valence-corrected chi connectivity index (χ2v) is 6.66. The van der Waals surface area contributed by atoms with Crippen molar-refractivity contribution in [3.05, 3.63) is 59.9 Å². The lowest BCUT2D eigenvalue weighted by molar-refractivity contribution is 0.0602. The van der Waals surface area contributed by atoms with Gasteiger partial charge in [-0.25, -0.2) is 4.98 Å². The largest absolute Gasteiger partial charge is 0.334 e. The highest BCUT2D eigenvalue weighted by atomic mass is 16.2. The zero-order chi connectivity index (χ0) is 18.5. The molecule has 1 unspecified atom stereocenters. The Bertz CT molecular complexity index is 776. The average molecular weight is 351 g/mol. The van der Waals surface area contributed by atoms with Crippen LogP contribution in [-0.2, 0) is 0 Å². The maximum atomic E-state index is 12.9. The highest BCUT2D eigenvalue weighted by Crippen LogP contribution is 2.21. The number of hydrogen-bond donors (Lipinski definition) is 0. The predicted molar refractivity (Wildman–Crippen MR) is 102 cm³/mol. The first kappa shape index (κ1) is 18.1. The van der Waals surface area contributed by atoms with Gasteiger partial charge in [0, 0.05) is 25.3 Å². The normalized spacial score (nSPS) is 17.0. The standard InChI is InChI=1S/C21H25N3O2/c1-3-16-10-7-8-15-24(16)21(26)19-14-9-13-18(22-19)20(25)23(2)17-11-5-4-6-12-17/h4-6,9,11-14,16H,3,7-8,10,15H2,1-2H3. The van der Waals surface area contributed by atoms with E-state index in [-0.39, 0.29) is 23.6 Å². The Kier molecular flexibility index (Phi) is 5.66. The topological polar surface area (TPSA) is 53.5 Å². The molecule has 5 heteroatoms. The zero-order valence-electron chi connectivity index (χ0n) is 15.4. The van der Waals surface area contributed by atoms with Crippen molar-refractivity contribution in [1.29, 1.82) is 0 Å². The lowest BCUT2D eigenvalue weighted by atomic mass is 9.99. The minimum absolute atomic E-state index is 0.0754. The molecule has 0 saturated carbocycles. The van der Waals surface area contributed by atoms with E-state index in [4.69, 9.17) is 0 Å². The molecule has 2 heterocycles. The average Bonchev–Trinajstić information content (AvgIpc) is 2.72. The molecule has 2 amide bonds. The summed E-state index contributed by atoms with van der Waals surface area (Å²) in [5.41, 5.74) is 1.42.